The molecular weight excluding hydrogens is 348 g/mol. The van der Waals surface area contributed by atoms with Gasteiger partial charge in [-0.3, -0.25) is 4.98 Å². The molecule has 0 saturated carbocycles. The monoisotopic (exact) mass is 376 g/mol. The summed E-state index contributed by atoms with van der Waals surface area (Å²) in [6.07, 6.45) is 2.11. The van der Waals surface area contributed by atoms with Crippen molar-refractivity contribution >= 4 is 5.97 Å². The molecule has 7 heteroatoms. The SMILES string of the molecule is CC(C)(C)OC(=O)C(C)(C)Oc1ccc(CCCc2[nH]c(=O)[nH]c2O)cc1. The van der Waals surface area contributed by atoms with Crippen LogP contribution < -0.4 is 10.4 Å². The zero-order valence-electron chi connectivity index (χ0n) is 16.5. The molecule has 0 amide bonds. The molecule has 148 valence electrons. The number of hydrogen-bond donors (Lipinski definition) is 3. The molecule has 1 aromatic heterocycles. The second-order valence-electron chi connectivity index (χ2n) is 8.02. The number of hydrogen-bond acceptors (Lipinski definition) is 5. The first-order chi connectivity index (χ1) is 12.5. The summed E-state index contributed by atoms with van der Waals surface area (Å²) < 4.78 is 11.2. The van der Waals surface area contributed by atoms with Gasteiger partial charge < -0.3 is 19.6 Å². The first kappa shape index (κ1) is 20.6. The van der Waals surface area contributed by atoms with Crippen LogP contribution in [0.15, 0.2) is 29.1 Å². The first-order valence-corrected chi connectivity index (χ1v) is 8.98. The van der Waals surface area contributed by atoms with Crippen LogP contribution in [0.2, 0.25) is 0 Å². The van der Waals surface area contributed by atoms with E-state index in [1.807, 2.05) is 45.0 Å². The first-order valence-electron chi connectivity index (χ1n) is 8.98. The van der Waals surface area contributed by atoms with Crippen molar-refractivity contribution in [2.75, 3.05) is 0 Å². The quantitative estimate of drug-likeness (QED) is 0.644. The Labute approximate surface area is 158 Å². The highest BCUT2D eigenvalue weighted by atomic mass is 16.6. The Morgan fingerprint density at radius 2 is 1.67 bits per heavy atom. The molecule has 0 bridgehead atoms. The molecule has 7 nitrogen and oxygen atoms in total. The maximum atomic E-state index is 12.3. The number of aromatic hydroxyl groups is 1. The highest BCUT2D eigenvalue weighted by Crippen LogP contribution is 2.23. The molecule has 3 N–H and O–H groups in total. The maximum absolute atomic E-state index is 12.3. The van der Waals surface area contributed by atoms with Crippen molar-refractivity contribution in [3.8, 4) is 11.6 Å². The number of aromatic amines is 2. The number of rotatable bonds is 7. The predicted octanol–water partition coefficient (Wildman–Crippen LogP) is 3.08. The molecule has 0 aliphatic heterocycles. The Morgan fingerprint density at radius 1 is 1.04 bits per heavy atom. The van der Waals surface area contributed by atoms with Gasteiger partial charge in [0, 0.05) is 0 Å². The minimum atomic E-state index is -1.09. The summed E-state index contributed by atoms with van der Waals surface area (Å²) in [6, 6.07) is 7.49. The molecule has 0 radical (unpaired) electrons. The fourth-order valence-corrected chi connectivity index (χ4v) is 2.52. The van der Waals surface area contributed by atoms with E-state index in [9.17, 15) is 14.7 Å². The standard InChI is InChI=1S/C20H28N2O5/c1-19(2,3)27-17(24)20(4,5)26-14-11-9-13(10-12-14)7-6-8-15-16(23)22-18(25)21-15/h9-12,23H,6-8H2,1-5H3,(H2,21,22,25). The number of benzene rings is 1. The third-order valence-corrected chi connectivity index (χ3v) is 3.86. The maximum Gasteiger partial charge on any atom is 0.350 e. The van der Waals surface area contributed by atoms with Gasteiger partial charge in [-0.1, -0.05) is 12.1 Å². The number of esters is 1. The minimum absolute atomic E-state index is 0.104. The van der Waals surface area contributed by atoms with E-state index in [0.717, 1.165) is 18.4 Å². The molecule has 1 heterocycles. The third kappa shape index (κ3) is 6.20. The Hall–Kier alpha value is -2.70. The average molecular weight is 376 g/mol. The minimum Gasteiger partial charge on any atom is -0.493 e. The smallest absolute Gasteiger partial charge is 0.350 e. The molecule has 0 fully saturated rings. The molecule has 0 spiro atoms. The van der Waals surface area contributed by atoms with Crippen molar-refractivity contribution in [2.45, 2.75) is 65.1 Å². The largest absolute Gasteiger partial charge is 0.493 e. The van der Waals surface area contributed by atoms with E-state index in [0.29, 0.717) is 17.9 Å². The molecule has 0 aliphatic carbocycles. The van der Waals surface area contributed by atoms with E-state index in [4.69, 9.17) is 9.47 Å². The Kier molecular flexibility index (Phi) is 6.03. The second kappa shape index (κ2) is 7.90. The molecule has 27 heavy (non-hydrogen) atoms. The topological polar surface area (TPSA) is 104 Å². The van der Waals surface area contributed by atoms with Gasteiger partial charge in [-0.05, 0) is 71.6 Å². The van der Waals surface area contributed by atoms with E-state index >= 15 is 0 Å². The van der Waals surface area contributed by atoms with Crippen molar-refractivity contribution in [2.24, 2.45) is 0 Å². The molecular formula is C20H28N2O5. The number of imidazole rings is 1. The summed E-state index contributed by atoms with van der Waals surface area (Å²) in [7, 11) is 0. The van der Waals surface area contributed by atoms with Crippen molar-refractivity contribution in [1.82, 2.24) is 9.97 Å². The van der Waals surface area contributed by atoms with Gasteiger partial charge in [0.05, 0.1) is 5.69 Å². The number of ether oxygens (including phenoxy) is 2. The number of nitrogens with one attached hydrogen (secondary N) is 2. The van der Waals surface area contributed by atoms with E-state index < -0.39 is 22.9 Å². The molecule has 0 saturated heterocycles. The van der Waals surface area contributed by atoms with Crippen LogP contribution in [0.4, 0.5) is 0 Å². The van der Waals surface area contributed by atoms with Crippen LogP contribution in [-0.4, -0.2) is 32.2 Å². The third-order valence-electron chi connectivity index (χ3n) is 3.86. The summed E-state index contributed by atoms with van der Waals surface area (Å²) in [5.74, 6) is 0.0646. The van der Waals surface area contributed by atoms with Gasteiger partial charge >= 0.3 is 11.7 Å². The fraction of sp³-hybridized carbons (Fsp3) is 0.500. The molecule has 0 aliphatic rings. The average Bonchev–Trinajstić information content (AvgIpc) is 2.85. The number of aryl methyl sites for hydroxylation is 2. The van der Waals surface area contributed by atoms with Gasteiger partial charge in [0.1, 0.15) is 11.4 Å². The van der Waals surface area contributed by atoms with E-state index in [1.54, 1.807) is 13.8 Å². The summed E-state index contributed by atoms with van der Waals surface area (Å²) in [6.45, 7) is 8.81. The van der Waals surface area contributed by atoms with Gasteiger partial charge in [0.2, 0.25) is 5.88 Å². The van der Waals surface area contributed by atoms with E-state index in [-0.39, 0.29) is 5.88 Å². The molecule has 2 aromatic rings. The van der Waals surface area contributed by atoms with Gasteiger partial charge in [-0.15, -0.1) is 0 Å². The number of H-pyrrole nitrogens is 2. The van der Waals surface area contributed by atoms with Crippen molar-refractivity contribution < 1.29 is 19.4 Å². The van der Waals surface area contributed by atoms with Crippen molar-refractivity contribution in [1.29, 1.82) is 0 Å². The van der Waals surface area contributed by atoms with Gasteiger partial charge in [-0.25, -0.2) is 9.59 Å². The van der Waals surface area contributed by atoms with E-state index in [2.05, 4.69) is 9.97 Å². The van der Waals surface area contributed by atoms with Gasteiger partial charge in [-0.2, -0.15) is 0 Å². The lowest BCUT2D eigenvalue weighted by molar-refractivity contribution is -0.170. The van der Waals surface area contributed by atoms with Crippen LogP contribution in [0.1, 0.15) is 52.3 Å². The van der Waals surface area contributed by atoms with Crippen molar-refractivity contribution in [3.63, 3.8) is 0 Å². The zero-order chi connectivity index (χ0) is 20.2. The summed E-state index contributed by atoms with van der Waals surface area (Å²) in [5, 5.41) is 9.55. The van der Waals surface area contributed by atoms with Crippen LogP contribution in [0.5, 0.6) is 11.6 Å². The normalized spacial score (nSPS) is 12.0. The lowest BCUT2D eigenvalue weighted by Gasteiger charge is -2.29. The molecule has 1 aromatic carbocycles. The molecule has 0 atom stereocenters. The summed E-state index contributed by atoms with van der Waals surface area (Å²) in [4.78, 5) is 28.2. The van der Waals surface area contributed by atoms with Gasteiger partial charge in [0.15, 0.2) is 5.60 Å². The summed E-state index contributed by atoms with van der Waals surface area (Å²) in [5.41, 5.74) is -0.461. The van der Waals surface area contributed by atoms with Gasteiger partial charge in [0.25, 0.3) is 0 Å². The highest BCUT2D eigenvalue weighted by Gasteiger charge is 2.34. The van der Waals surface area contributed by atoms with Crippen LogP contribution in [-0.2, 0) is 22.4 Å². The molecule has 0 unspecified atom stereocenters. The molecule has 2 rings (SSSR count). The van der Waals surface area contributed by atoms with E-state index in [1.165, 1.54) is 0 Å². The Balaban J connectivity index is 1.89. The van der Waals surface area contributed by atoms with Crippen LogP contribution in [0, 0.1) is 0 Å². The summed E-state index contributed by atoms with van der Waals surface area (Å²) >= 11 is 0. The van der Waals surface area contributed by atoms with Crippen molar-refractivity contribution in [3.05, 3.63) is 46.0 Å². The lowest BCUT2D eigenvalue weighted by Crippen LogP contribution is -2.43. The number of carbonyl (C=O) groups is 1. The Bertz CT molecular complexity index is 825. The predicted molar refractivity (Wildman–Crippen MR) is 102 cm³/mol. The lowest BCUT2D eigenvalue weighted by atomic mass is 10.1. The van der Waals surface area contributed by atoms with Crippen LogP contribution in [0.25, 0.3) is 0 Å². The highest BCUT2D eigenvalue weighted by molar-refractivity contribution is 5.79. The van der Waals surface area contributed by atoms with Crippen LogP contribution >= 0.6 is 0 Å². The second-order valence-corrected chi connectivity index (χ2v) is 8.02. The Morgan fingerprint density at radius 3 is 2.19 bits per heavy atom. The van der Waals surface area contributed by atoms with Crippen LogP contribution in [0.3, 0.4) is 0 Å². The fourth-order valence-electron chi connectivity index (χ4n) is 2.52. The zero-order valence-corrected chi connectivity index (χ0v) is 16.5. The number of aromatic nitrogens is 2. The number of carbonyl (C=O) groups excluding carboxylic acids is 1.